The van der Waals surface area contributed by atoms with Gasteiger partial charge in [-0.15, -0.1) is 10.2 Å². The number of carbonyl (C=O) groups excluding carboxylic acids is 1. The van der Waals surface area contributed by atoms with Crippen molar-refractivity contribution in [2.45, 2.75) is 77.0 Å². The molecule has 180 valence electrons. The van der Waals surface area contributed by atoms with Crippen LogP contribution in [0.5, 0.6) is 5.75 Å². The highest BCUT2D eigenvalue weighted by atomic mass is 32.1. The number of aromatic nitrogens is 2. The Labute approximate surface area is 202 Å². The summed E-state index contributed by atoms with van der Waals surface area (Å²) in [6.45, 7) is 10.4. The van der Waals surface area contributed by atoms with Gasteiger partial charge in [-0.25, -0.2) is 0 Å². The van der Waals surface area contributed by atoms with Crippen molar-refractivity contribution < 1.29 is 9.53 Å². The third-order valence-electron chi connectivity index (χ3n) is 6.81. The van der Waals surface area contributed by atoms with E-state index < -0.39 is 0 Å². The molecule has 1 aliphatic heterocycles. The average Bonchev–Trinajstić information content (AvgIpc) is 3.32. The summed E-state index contributed by atoms with van der Waals surface area (Å²) in [5, 5.41) is 11.2. The number of hydrogen-bond acceptors (Lipinski definition) is 6. The number of ether oxygens (including phenoxy) is 1. The van der Waals surface area contributed by atoms with E-state index in [4.69, 9.17) is 4.74 Å². The van der Waals surface area contributed by atoms with Crippen LogP contribution in [0.25, 0.3) is 0 Å². The van der Waals surface area contributed by atoms with E-state index >= 15 is 0 Å². The SMILES string of the molecule is CC(C)(C)c1ccc(OCCCC(=O)N2CCN(c3nnc(C4CCCCC4)s3)CC2)cc1. The molecule has 2 aromatic rings. The molecule has 0 unspecified atom stereocenters. The molecule has 1 aromatic carbocycles. The molecule has 2 fully saturated rings. The van der Waals surface area contributed by atoms with Gasteiger partial charge in [-0.05, 0) is 42.4 Å². The van der Waals surface area contributed by atoms with E-state index in [9.17, 15) is 4.79 Å². The molecule has 33 heavy (non-hydrogen) atoms. The number of rotatable bonds is 7. The minimum atomic E-state index is 0.142. The zero-order chi connectivity index (χ0) is 23.3. The monoisotopic (exact) mass is 470 g/mol. The first-order valence-electron chi connectivity index (χ1n) is 12.5. The lowest BCUT2D eigenvalue weighted by atomic mass is 9.87. The van der Waals surface area contributed by atoms with E-state index in [-0.39, 0.29) is 11.3 Å². The van der Waals surface area contributed by atoms with Gasteiger partial charge in [0, 0.05) is 38.5 Å². The van der Waals surface area contributed by atoms with Gasteiger partial charge in [0.2, 0.25) is 11.0 Å². The molecular weight excluding hydrogens is 432 g/mol. The summed E-state index contributed by atoms with van der Waals surface area (Å²) in [6.07, 6.45) is 7.76. The second kappa shape index (κ2) is 10.9. The fraction of sp³-hybridized carbons (Fsp3) is 0.654. The lowest BCUT2D eigenvalue weighted by Gasteiger charge is -2.34. The van der Waals surface area contributed by atoms with Crippen LogP contribution in [0, 0.1) is 0 Å². The maximum Gasteiger partial charge on any atom is 0.222 e. The molecule has 4 rings (SSSR count). The molecule has 6 nitrogen and oxygen atoms in total. The van der Waals surface area contributed by atoms with Crippen molar-refractivity contribution in [2.75, 3.05) is 37.7 Å². The van der Waals surface area contributed by atoms with Crippen LogP contribution in [0.4, 0.5) is 5.13 Å². The van der Waals surface area contributed by atoms with Crippen LogP contribution in [0.2, 0.25) is 0 Å². The normalized spacial score (nSPS) is 17.9. The van der Waals surface area contributed by atoms with Gasteiger partial charge in [0.05, 0.1) is 6.61 Å². The highest BCUT2D eigenvalue weighted by Gasteiger charge is 2.25. The van der Waals surface area contributed by atoms with Crippen LogP contribution in [-0.2, 0) is 10.2 Å². The summed E-state index contributed by atoms with van der Waals surface area (Å²) >= 11 is 1.76. The molecule has 2 heterocycles. The topological polar surface area (TPSA) is 58.6 Å². The molecule has 1 saturated carbocycles. The molecule has 0 atom stereocenters. The number of amides is 1. The Morgan fingerprint density at radius 2 is 1.73 bits per heavy atom. The largest absolute Gasteiger partial charge is 0.494 e. The van der Waals surface area contributed by atoms with Crippen molar-refractivity contribution in [3.63, 3.8) is 0 Å². The summed E-state index contributed by atoms with van der Waals surface area (Å²) in [5.41, 5.74) is 1.44. The molecule has 0 radical (unpaired) electrons. The summed E-state index contributed by atoms with van der Waals surface area (Å²) in [4.78, 5) is 16.9. The summed E-state index contributed by atoms with van der Waals surface area (Å²) in [7, 11) is 0. The van der Waals surface area contributed by atoms with Gasteiger partial charge in [0.1, 0.15) is 10.8 Å². The molecule has 7 heteroatoms. The van der Waals surface area contributed by atoms with Crippen molar-refractivity contribution in [3.8, 4) is 5.75 Å². The number of nitrogens with zero attached hydrogens (tertiary/aromatic N) is 4. The summed E-state index contributed by atoms with van der Waals surface area (Å²) in [5.74, 6) is 1.70. The van der Waals surface area contributed by atoms with Gasteiger partial charge in [0.25, 0.3) is 0 Å². The number of carbonyl (C=O) groups is 1. The lowest BCUT2D eigenvalue weighted by molar-refractivity contribution is -0.131. The van der Waals surface area contributed by atoms with Gasteiger partial charge < -0.3 is 14.5 Å². The van der Waals surface area contributed by atoms with Crippen LogP contribution >= 0.6 is 11.3 Å². The average molecular weight is 471 g/mol. The van der Waals surface area contributed by atoms with Crippen LogP contribution in [-0.4, -0.2) is 53.8 Å². The number of benzene rings is 1. The summed E-state index contributed by atoms with van der Waals surface area (Å²) < 4.78 is 5.85. The third-order valence-corrected chi connectivity index (χ3v) is 7.96. The fourth-order valence-electron chi connectivity index (χ4n) is 4.64. The predicted octanol–water partition coefficient (Wildman–Crippen LogP) is 5.39. The Morgan fingerprint density at radius 1 is 1.03 bits per heavy atom. The number of anilines is 1. The molecule has 0 spiro atoms. The van der Waals surface area contributed by atoms with Crippen molar-refractivity contribution >= 4 is 22.4 Å². The first kappa shape index (κ1) is 24.0. The van der Waals surface area contributed by atoms with E-state index in [2.05, 4.69) is 48.0 Å². The van der Waals surface area contributed by atoms with Gasteiger partial charge >= 0.3 is 0 Å². The molecule has 1 amide bonds. The second-order valence-corrected chi connectivity index (χ2v) is 11.3. The van der Waals surface area contributed by atoms with Crippen LogP contribution in [0.15, 0.2) is 24.3 Å². The minimum absolute atomic E-state index is 0.142. The predicted molar refractivity (Wildman–Crippen MR) is 134 cm³/mol. The minimum Gasteiger partial charge on any atom is -0.494 e. The van der Waals surface area contributed by atoms with Crippen molar-refractivity contribution in [1.82, 2.24) is 15.1 Å². The Hall–Kier alpha value is -2.15. The van der Waals surface area contributed by atoms with Gasteiger partial charge in [-0.3, -0.25) is 4.79 Å². The molecule has 2 aliphatic rings. The molecule has 0 N–H and O–H groups in total. The first-order valence-corrected chi connectivity index (χ1v) is 13.3. The first-order chi connectivity index (χ1) is 15.9. The maximum atomic E-state index is 12.6. The lowest BCUT2D eigenvalue weighted by Crippen LogP contribution is -2.48. The van der Waals surface area contributed by atoms with E-state index in [1.807, 2.05) is 17.0 Å². The number of hydrogen-bond donors (Lipinski definition) is 0. The van der Waals surface area contributed by atoms with Crippen LogP contribution in [0.3, 0.4) is 0 Å². The van der Waals surface area contributed by atoms with Crippen LogP contribution < -0.4 is 9.64 Å². The summed E-state index contributed by atoms with van der Waals surface area (Å²) in [6, 6.07) is 8.29. The zero-order valence-electron chi connectivity index (χ0n) is 20.4. The van der Waals surface area contributed by atoms with E-state index in [1.54, 1.807) is 11.3 Å². The molecule has 1 aliphatic carbocycles. The Balaban J connectivity index is 1.16. The van der Waals surface area contributed by atoms with E-state index in [0.29, 0.717) is 18.9 Å². The zero-order valence-corrected chi connectivity index (χ0v) is 21.2. The van der Waals surface area contributed by atoms with E-state index in [1.165, 1.54) is 42.7 Å². The highest BCUT2D eigenvalue weighted by Crippen LogP contribution is 2.36. The molecular formula is C26H38N4O2S. The van der Waals surface area contributed by atoms with Gasteiger partial charge in [-0.1, -0.05) is 63.5 Å². The van der Waals surface area contributed by atoms with Gasteiger partial charge in [0.15, 0.2) is 0 Å². The van der Waals surface area contributed by atoms with Crippen molar-refractivity contribution in [3.05, 3.63) is 34.8 Å². The maximum absolute atomic E-state index is 12.6. The quantitative estimate of drug-likeness (QED) is 0.508. The second-order valence-electron chi connectivity index (χ2n) is 10.4. The third kappa shape index (κ3) is 6.46. The number of piperazine rings is 1. The Bertz CT molecular complexity index is 892. The molecule has 1 saturated heterocycles. The van der Waals surface area contributed by atoms with Crippen molar-refractivity contribution in [1.29, 1.82) is 0 Å². The van der Waals surface area contributed by atoms with Gasteiger partial charge in [-0.2, -0.15) is 0 Å². The van der Waals surface area contributed by atoms with E-state index in [0.717, 1.165) is 43.5 Å². The smallest absolute Gasteiger partial charge is 0.222 e. The standard InChI is InChI=1S/C26H38N4O2S/c1-26(2,3)21-11-13-22(14-12-21)32-19-7-10-23(31)29-15-17-30(18-16-29)25-28-27-24(33-25)20-8-5-4-6-9-20/h11-14,20H,4-10,15-19H2,1-3H3. The van der Waals surface area contributed by atoms with Crippen molar-refractivity contribution in [2.24, 2.45) is 0 Å². The Morgan fingerprint density at radius 3 is 2.39 bits per heavy atom. The molecule has 0 bridgehead atoms. The van der Waals surface area contributed by atoms with Crippen LogP contribution in [0.1, 0.15) is 82.2 Å². The fourth-order valence-corrected chi connectivity index (χ4v) is 5.70. The molecule has 1 aromatic heterocycles. The highest BCUT2D eigenvalue weighted by molar-refractivity contribution is 7.15. The Kier molecular flexibility index (Phi) is 7.89.